The van der Waals surface area contributed by atoms with Crippen molar-refractivity contribution in [2.75, 3.05) is 7.11 Å². The number of aromatic hydroxyl groups is 1. The SMILES string of the molecule is COc1ccc(C(=O)N=Nc2c(O)[nH]c3ccc(C)cc23)cc1. The Hall–Kier alpha value is -3.15. The van der Waals surface area contributed by atoms with Gasteiger partial charge in [0.25, 0.3) is 5.91 Å². The van der Waals surface area contributed by atoms with Crippen molar-refractivity contribution in [3.63, 3.8) is 0 Å². The van der Waals surface area contributed by atoms with Crippen molar-refractivity contribution in [3.8, 4) is 11.6 Å². The maximum Gasteiger partial charge on any atom is 0.295 e. The van der Waals surface area contributed by atoms with Crippen LogP contribution in [0.25, 0.3) is 10.9 Å². The third-order valence-electron chi connectivity index (χ3n) is 3.49. The fraction of sp³-hybridized carbons (Fsp3) is 0.118. The number of amides is 1. The van der Waals surface area contributed by atoms with E-state index in [1.807, 2.05) is 25.1 Å². The van der Waals surface area contributed by atoms with Gasteiger partial charge >= 0.3 is 0 Å². The number of hydrogen-bond acceptors (Lipinski definition) is 4. The lowest BCUT2D eigenvalue weighted by Crippen LogP contribution is -1.93. The van der Waals surface area contributed by atoms with Crippen molar-refractivity contribution in [2.45, 2.75) is 6.92 Å². The zero-order chi connectivity index (χ0) is 16.4. The number of rotatable bonds is 3. The smallest absolute Gasteiger partial charge is 0.295 e. The van der Waals surface area contributed by atoms with Gasteiger partial charge < -0.3 is 14.8 Å². The highest BCUT2D eigenvalue weighted by atomic mass is 16.5. The van der Waals surface area contributed by atoms with Gasteiger partial charge in [0, 0.05) is 10.9 Å². The van der Waals surface area contributed by atoms with Crippen LogP contribution < -0.4 is 4.74 Å². The van der Waals surface area contributed by atoms with Gasteiger partial charge in [0.1, 0.15) is 5.75 Å². The molecule has 0 unspecified atom stereocenters. The van der Waals surface area contributed by atoms with Gasteiger partial charge in [-0.25, -0.2) is 0 Å². The molecule has 0 atom stereocenters. The fourth-order valence-corrected chi connectivity index (χ4v) is 2.27. The number of nitrogens with one attached hydrogen (secondary N) is 1. The number of methoxy groups -OCH3 is 1. The van der Waals surface area contributed by atoms with Crippen LogP contribution in [0.5, 0.6) is 11.6 Å². The summed E-state index contributed by atoms with van der Waals surface area (Å²) in [5.41, 5.74) is 2.41. The average Bonchev–Trinajstić information content (AvgIpc) is 2.87. The number of benzene rings is 2. The molecule has 3 rings (SSSR count). The second-order valence-corrected chi connectivity index (χ2v) is 5.10. The molecule has 0 saturated heterocycles. The lowest BCUT2D eigenvalue weighted by atomic mass is 10.1. The first kappa shape index (κ1) is 14.8. The van der Waals surface area contributed by atoms with Crippen LogP contribution in [0.4, 0.5) is 5.69 Å². The van der Waals surface area contributed by atoms with E-state index in [0.29, 0.717) is 16.7 Å². The molecule has 0 saturated carbocycles. The molecule has 1 amide bonds. The molecular weight excluding hydrogens is 294 g/mol. The second-order valence-electron chi connectivity index (χ2n) is 5.10. The zero-order valence-electron chi connectivity index (χ0n) is 12.7. The number of ether oxygens (including phenoxy) is 1. The van der Waals surface area contributed by atoms with Crippen molar-refractivity contribution in [1.29, 1.82) is 0 Å². The van der Waals surface area contributed by atoms with E-state index < -0.39 is 5.91 Å². The second kappa shape index (κ2) is 5.92. The number of azo groups is 1. The summed E-state index contributed by atoms with van der Waals surface area (Å²) in [6.45, 7) is 1.94. The topological polar surface area (TPSA) is 87.0 Å². The summed E-state index contributed by atoms with van der Waals surface area (Å²) in [6.07, 6.45) is 0. The number of nitrogens with zero attached hydrogens (tertiary/aromatic N) is 2. The minimum absolute atomic E-state index is 0.114. The van der Waals surface area contributed by atoms with Gasteiger partial charge in [0.15, 0.2) is 5.69 Å². The molecule has 0 aliphatic carbocycles. The summed E-state index contributed by atoms with van der Waals surface area (Å²) < 4.78 is 5.04. The third kappa shape index (κ3) is 2.91. The first-order valence-electron chi connectivity index (χ1n) is 7.00. The molecule has 1 aromatic heterocycles. The molecule has 6 nitrogen and oxygen atoms in total. The highest BCUT2D eigenvalue weighted by Crippen LogP contribution is 2.36. The van der Waals surface area contributed by atoms with Crippen molar-refractivity contribution in [1.82, 2.24) is 4.98 Å². The summed E-state index contributed by atoms with van der Waals surface area (Å²) >= 11 is 0. The van der Waals surface area contributed by atoms with Crippen LogP contribution in [0, 0.1) is 6.92 Å². The number of carbonyl (C=O) groups excluding carboxylic acids is 1. The molecule has 3 aromatic rings. The number of aryl methyl sites for hydroxylation is 1. The van der Waals surface area contributed by atoms with Gasteiger partial charge in [-0.05, 0) is 43.3 Å². The number of aromatic amines is 1. The lowest BCUT2D eigenvalue weighted by molar-refractivity contribution is 0.0995. The van der Waals surface area contributed by atoms with Crippen LogP contribution in [0.3, 0.4) is 0 Å². The molecule has 23 heavy (non-hydrogen) atoms. The summed E-state index contributed by atoms with van der Waals surface area (Å²) in [4.78, 5) is 14.9. The highest BCUT2D eigenvalue weighted by molar-refractivity contribution is 5.97. The molecule has 0 radical (unpaired) electrons. The Kier molecular flexibility index (Phi) is 3.80. The van der Waals surface area contributed by atoms with Crippen molar-refractivity contribution < 1.29 is 14.6 Å². The Morgan fingerprint density at radius 1 is 1.17 bits per heavy atom. The first-order valence-corrected chi connectivity index (χ1v) is 7.00. The Labute approximate surface area is 132 Å². The molecule has 0 bridgehead atoms. The minimum Gasteiger partial charge on any atom is -0.497 e. The lowest BCUT2D eigenvalue weighted by Gasteiger charge is -1.99. The molecule has 0 spiro atoms. The molecule has 0 fully saturated rings. The number of aromatic nitrogens is 1. The summed E-state index contributed by atoms with van der Waals surface area (Å²) in [5, 5.41) is 18.3. The van der Waals surface area contributed by atoms with Gasteiger partial charge in [-0.3, -0.25) is 4.79 Å². The highest BCUT2D eigenvalue weighted by Gasteiger charge is 2.11. The van der Waals surface area contributed by atoms with E-state index in [4.69, 9.17) is 4.74 Å². The zero-order valence-corrected chi connectivity index (χ0v) is 12.7. The van der Waals surface area contributed by atoms with E-state index in [1.54, 1.807) is 31.4 Å². The monoisotopic (exact) mass is 309 g/mol. The van der Waals surface area contributed by atoms with E-state index in [0.717, 1.165) is 11.1 Å². The third-order valence-corrected chi connectivity index (χ3v) is 3.49. The van der Waals surface area contributed by atoms with Crippen LogP contribution in [0.15, 0.2) is 52.7 Å². The van der Waals surface area contributed by atoms with E-state index in [-0.39, 0.29) is 11.6 Å². The van der Waals surface area contributed by atoms with Gasteiger partial charge in [-0.2, -0.15) is 0 Å². The molecule has 0 aliphatic heterocycles. The van der Waals surface area contributed by atoms with Crippen LogP contribution >= 0.6 is 0 Å². The Balaban J connectivity index is 1.91. The van der Waals surface area contributed by atoms with Crippen molar-refractivity contribution in [3.05, 3.63) is 53.6 Å². The average molecular weight is 309 g/mol. The summed E-state index contributed by atoms with van der Waals surface area (Å²) in [5.74, 6) is 0.0502. The van der Waals surface area contributed by atoms with Crippen molar-refractivity contribution in [2.24, 2.45) is 10.2 Å². The molecule has 0 aliphatic rings. The van der Waals surface area contributed by atoms with Crippen LogP contribution in [-0.4, -0.2) is 23.1 Å². The van der Waals surface area contributed by atoms with Crippen LogP contribution in [0.2, 0.25) is 0 Å². The predicted octanol–water partition coefficient (Wildman–Crippen LogP) is 4.11. The van der Waals surface area contributed by atoms with E-state index in [2.05, 4.69) is 15.2 Å². The molecule has 2 N–H and O–H groups in total. The number of carbonyl (C=O) groups is 1. The maximum absolute atomic E-state index is 12.1. The maximum atomic E-state index is 12.1. The van der Waals surface area contributed by atoms with Crippen LogP contribution in [-0.2, 0) is 0 Å². The predicted molar refractivity (Wildman–Crippen MR) is 86.5 cm³/mol. The Bertz CT molecular complexity index is 895. The summed E-state index contributed by atoms with van der Waals surface area (Å²) in [6, 6.07) is 12.2. The normalized spacial score (nSPS) is 11.2. The Morgan fingerprint density at radius 3 is 2.61 bits per heavy atom. The number of fused-ring (bicyclic) bond motifs is 1. The quantitative estimate of drug-likeness (QED) is 0.713. The van der Waals surface area contributed by atoms with Gasteiger partial charge in [-0.1, -0.05) is 11.6 Å². The van der Waals surface area contributed by atoms with Gasteiger partial charge in [-0.15, -0.1) is 10.2 Å². The standard InChI is InChI=1S/C17H15N3O3/c1-10-3-8-14-13(9-10)15(17(22)18-14)19-20-16(21)11-4-6-12(23-2)7-5-11/h3-9,18,22H,1-2H3. The molecule has 2 aromatic carbocycles. The molecule has 116 valence electrons. The van der Waals surface area contributed by atoms with Gasteiger partial charge in [0.05, 0.1) is 12.6 Å². The van der Waals surface area contributed by atoms with E-state index >= 15 is 0 Å². The largest absolute Gasteiger partial charge is 0.497 e. The molecule has 6 heteroatoms. The first-order chi connectivity index (χ1) is 11.1. The molecular formula is C17H15N3O3. The number of H-pyrrole nitrogens is 1. The minimum atomic E-state index is -0.492. The van der Waals surface area contributed by atoms with Crippen LogP contribution in [0.1, 0.15) is 15.9 Å². The summed E-state index contributed by atoms with van der Waals surface area (Å²) in [7, 11) is 1.55. The van der Waals surface area contributed by atoms with Gasteiger partial charge in [0.2, 0.25) is 5.88 Å². The number of hydrogen-bond donors (Lipinski definition) is 2. The molecule has 1 heterocycles. The van der Waals surface area contributed by atoms with Crippen molar-refractivity contribution >= 4 is 22.5 Å². The van der Waals surface area contributed by atoms with E-state index in [1.165, 1.54) is 0 Å². The van der Waals surface area contributed by atoms with E-state index in [9.17, 15) is 9.90 Å². The Morgan fingerprint density at radius 2 is 1.91 bits per heavy atom. The fourth-order valence-electron chi connectivity index (χ4n) is 2.27.